The number of aliphatic hydroxyl groups is 1. The summed E-state index contributed by atoms with van der Waals surface area (Å²) in [6.07, 6.45) is -0.191. The van der Waals surface area contributed by atoms with Crippen LogP contribution in [-0.4, -0.2) is 31.2 Å². The summed E-state index contributed by atoms with van der Waals surface area (Å²) in [4.78, 5) is 28.9. The first-order valence-electron chi connectivity index (χ1n) is 5.73. The van der Waals surface area contributed by atoms with E-state index >= 15 is 0 Å². The predicted octanol–water partition coefficient (Wildman–Crippen LogP) is 1.72. The maximum atomic E-state index is 11.6. The SMILES string of the molecule is O=[N+]([O-])C1(P(=O)(O)O)C=C(Cl)C=C(c2ccccc2)C1O. The summed E-state index contributed by atoms with van der Waals surface area (Å²) in [6, 6.07) is 8.05. The number of aliphatic hydroxyl groups excluding tert-OH is 1. The zero-order valence-electron chi connectivity index (χ0n) is 10.5. The molecule has 1 aromatic carbocycles. The predicted molar refractivity (Wildman–Crippen MR) is 76.1 cm³/mol. The van der Waals surface area contributed by atoms with Gasteiger partial charge in [0.1, 0.15) is 0 Å². The molecule has 0 radical (unpaired) electrons. The molecule has 1 aliphatic carbocycles. The fraction of sp³-hybridized carbons (Fsp3) is 0.167. The van der Waals surface area contributed by atoms with Gasteiger partial charge < -0.3 is 14.9 Å². The van der Waals surface area contributed by atoms with Crippen LogP contribution in [0.25, 0.3) is 5.57 Å². The van der Waals surface area contributed by atoms with Gasteiger partial charge in [0, 0.05) is 16.0 Å². The Kier molecular flexibility index (Phi) is 4.06. The smallest absolute Gasteiger partial charge is 0.380 e. The number of hydrogen-bond acceptors (Lipinski definition) is 4. The van der Waals surface area contributed by atoms with Gasteiger partial charge in [0.2, 0.25) is 0 Å². The van der Waals surface area contributed by atoms with E-state index < -0.39 is 23.9 Å². The largest absolute Gasteiger partial charge is 0.409 e. The molecule has 9 heteroatoms. The molecular weight excluding hydrogens is 321 g/mol. The highest BCUT2D eigenvalue weighted by atomic mass is 35.5. The highest BCUT2D eigenvalue weighted by Gasteiger charge is 2.65. The van der Waals surface area contributed by atoms with E-state index in [4.69, 9.17) is 11.6 Å². The first-order valence-corrected chi connectivity index (χ1v) is 7.73. The van der Waals surface area contributed by atoms with Crippen molar-refractivity contribution in [1.82, 2.24) is 0 Å². The first kappa shape index (κ1) is 15.9. The molecule has 1 aromatic rings. The Hall–Kier alpha value is -1.50. The van der Waals surface area contributed by atoms with Gasteiger partial charge in [-0.05, 0) is 17.2 Å². The van der Waals surface area contributed by atoms with Crippen LogP contribution in [0, 0.1) is 10.1 Å². The van der Waals surface area contributed by atoms with Crippen molar-refractivity contribution in [2.24, 2.45) is 0 Å². The molecule has 7 nitrogen and oxygen atoms in total. The number of allylic oxidation sites excluding steroid dienone is 2. The van der Waals surface area contributed by atoms with Crippen molar-refractivity contribution in [2.75, 3.05) is 0 Å². The molecule has 21 heavy (non-hydrogen) atoms. The number of benzene rings is 1. The van der Waals surface area contributed by atoms with Crippen molar-refractivity contribution in [1.29, 1.82) is 0 Å². The lowest BCUT2D eigenvalue weighted by Crippen LogP contribution is -2.49. The quantitative estimate of drug-likeness (QED) is 0.440. The average molecular weight is 332 g/mol. The zero-order valence-corrected chi connectivity index (χ0v) is 12.1. The van der Waals surface area contributed by atoms with Crippen LogP contribution in [0.15, 0.2) is 47.5 Å². The Balaban J connectivity index is 2.67. The zero-order chi connectivity index (χ0) is 15.8. The lowest BCUT2D eigenvalue weighted by Gasteiger charge is -2.31. The van der Waals surface area contributed by atoms with Crippen molar-refractivity contribution in [2.45, 2.75) is 11.4 Å². The van der Waals surface area contributed by atoms with Crippen LogP contribution < -0.4 is 0 Å². The van der Waals surface area contributed by atoms with E-state index in [0.29, 0.717) is 11.6 Å². The van der Waals surface area contributed by atoms with Crippen molar-refractivity contribution < 1.29 is 24.4 Å². The van der Waals surface area contributed by atoms with Gasteiger partial charge in [-0.2, -0.15) is 0 Å². The molecule has 112 valence electrons. The van der Waals surface area contributed by atoms with E-state index in [1.807, 2.05) is 0 Å². The molecule has 0 bridgehead atoms. The molecule has 3 N–H and O–H groups in total. The molecule has 2 unspecified atom stereocenters. The topological polar surface area (TPSA) is 121 Å². The lowest BCUT2D eigenvalue weighted by atomic mass is 9.91. The molecule has 0 aromatic heterocycles. The number of rotatable bonds is 3. The number of nitro groups is 1. The number of hydrogen-bond donors (Lipinski definition) is 3. The van der Waals surface area contributed by atoms with Crippen LogP contribution in [0.1, 0.15) is 5.56 Å². The van der Waals surface area contributed by atoms with Crippen molar-refractivity contribution in [3.8, 4) is 0 Å². The van der Waals surface area contributed by atoms with Gasteiger partial charge >= 0.3 is 12.9 Å². The van der Waals surface area contributed by atoms with Gasteiger partial charge in [-0.1, -0.05) is 41.9 Å². The first-order chi connectivity index (χ1) is 9.70. The summed E-state index contributed by atoms with van der Waals surface area (Å²) < 4.78 is 11.6. The molecule has 0 saturated heterocycles. The Morgan fingerprint density at radius 1 is 1.29 bits per heavy atom. The number of nitrogens with zero attached hydrogens (tertiary/aromatic N) is 1. The summed E-state index contributed by atoms with van der Waals surface area (Å²) >= 11 is 5.79. The summed E-state index contributed by atoms with van der Waals surface area (Å²) in [5, 5.41) is 18.3. The molecule has 0 amide bonds. The van der Waals surface area contributed by atoms with Crippen LogP contribution in [0.3, 0.4) is 0 Å². The third-order valence-corrected chi connectivity index (χ3v) is 4.90. The van der Waals surface area contributed by atoms with Gasteiger partial charge in [-0.3, -0.25) is 14.7 Å². The minimum atomic E-state index is -5.33. The maximum Gasteiger partial charge on any atom is 0.409 e. The van der Waals surface area contributed by atoms with Gasteiger partial charge in [0.25, 0.3) is 0 Å². The van der Waals surface area contributed by atoms with E-state index in [9.17, 15) is 29.6 Å². The Morgan fingerprint density at radius 2 is 1.86 bits per heavy atom. The summed E-state index contributed by atoms with van der Waals surface area (Å²) in [5.74, 6) is 0. The van der Waals surface area contributed by atoms with Crippen molar-refractivity contribution >= 4 is 24.8 Å². The second-order valence-electron chi connectivity index (χ2n) is 4.48. The fourth-order valence-corrected chi connectivity index (χ4v) is 3.49. The summed E-state index contributed by atoms with van der Waals surface area (Å²) in [5.41, 5.74) is 0.360. The Labute approximate surface area is 124 Å². The molecule has 2 rings (SSSR count). The molecular formula is C12H11ClNO6P. The molecule has 0 aliphatic heterocycles. The normalized spacial score (nSPS) is 26.0. The minimum absolute atomic E-state index is 0.0249. The Morgan fingerprint density at radius 3 is 2.33 bits per heavy atom. The average Bonchev–Trinajstić information content (AvgIpc) is 2.40. The molecule has 0 spiro atoms. The van der Waals surface area contributed by atoms with Crippen LogP contribution in [-0.2, 0) is 4.57 Å². The van der Waals surface area contributed by atoms with Crippen LogP contribution in [0.4, 0.5) is 0 Å². The van der Waals surface area contributed by atoms with Gasteiger partial charge in [-0.15, -0.1) is 0 Å². The van der Waals surface area contributed by atoms with E-state index in [1.54, 1.807) is 30.3 Å². The van der Waals surface area contributed by atoms with Gasteiger partial charge in [0.15, 0.2) is 6.10 Å². The highest BCUT2D eigenvalue weighted by molar-refractivity contribution is 7.53. The van der Waals surface area contributed by atoms with Crippen molar-refractivity contribution in [3.63, 3.8) is 0 Å². The second kappa shape index (κ2) is 5.36. The van der Waals surface area contributed by atoms with Crippen LogP contribution in [0.2, 0.25) is 0 Å². The maximum absolute atomic E-state index is 11.6. The molecule has 0 heterocycles. The minimum Gasteiger partial charge on any atom is -0.380 e. The Bertz CT molecular complexity index is 682. The summed E-state index contributed by atoms with van der Waals surface area (Å²) in [7, 11) is -5.33. The monoisotopic (exact) mass is 331 g/mol. The van der Waals surface area contributed by atoms with Crippen LogP contribution >= 0.6 is 19.2 Å². The highest BCUT2D eigenvalue weighted by Crippen LogP contribution is 2.57. The molecule has 0 saturated carbocycles. The van der Waals surface area contributed by atoms with E-state index in [0.717, 1.165) is 0 Å². The van der Waals surface area contributed by atoms with Gasteiger partial charge in [-0.25, -0.2) is 0 Å². The molecule has 2 atom stereocenters. The van der Waals surface area contributed by atoms with E-state index in [2.05, 4.69) is 0 Å². The lowest BCUT2D eigenvalue weighted by molar-refractivity contribution is -0.539. The van der Waals surface area contributed by atoms with Gasteiger partial charge in [0.05, 0.1) is 0 Å². The second-order valence-corrected chi connectivity index (χ2v) is 6.72. The third kappa shape index (κ3) is 2.54. The third-order valence-electron chi connectivity index (χ3n) is 3.21. The molecule has 0 fully saturated rings. The van der Waals surface area contributed by atoms with E-state index in [1.165, 1.54) is 6.08 Å². The standard InChI is InChI=1S/C12H11ClNO6P/c13-9-6-10(8-4-2-1-3-5-8)11(15)12(7-9,14(16)17)21(18,19)20/h1-7,11,15H,(H2,18,19,20). The summed E-state index contributed by atoms with van der Waals surface area (Å²) in [6.45, 7) is 0. The molecule has 1 aliphatic rings. The van der Waals surface area contributed by atoms with Crippen molar-refractivity contribution in [3.05, 3.63) is 63.2 Å². The van der Waals surface area contributed by atoms with Crippen LogP contribution in [0.5, 0.6) is 0 Å². The fourth-order valence-electron chi connectivity index (χ4n) is 2.15. The number of halogens is 1. The van der Waals surface area contributed by atoms with E-state index in [-0.39, 0.29) is 10.6 Å².